The van der Waals surface area contributed by atoms with Gasteiger partial charge in [-0.1, -0.05) is 11.3 Å². The van der Waals surface area contributed by atoms with Crippen LogP contribution < -0.4 is 0 Å². The van der Waals surface area contributed by atoms with Crippen molar-refractivity contribution in [2.45, 2.75) is 6.04 Å². The maximum Gasteiger partial charge on any atom is 0.418 e. The molecular formula is C12H10N4O5S2. The third-order valence-electron chi connectivity index (χ3n) is 3.54. The van der Waals surface area contributed by atoms with Crippen LogP contribution >= 0.6 is 11.3 Å². The van der Waals surface area contributed by atoms with Crippen LogP contribution in [0, 0.1) is 0 Å². The fraction of sp³-hybridized carbons (Fsp3) is 0.250. The fourth-order valence-corrected chi connectivity index (χ4v) is 3.94. The fourth-order valence-electron chi connectivity index (χ4n) is 2.64. The van der Waals surface area contributed by atoms with Crippen molar-refractivity contribution >= 4 is 43.7 Å². The van der Waals surface area contributed by atoms with E-state index in [1.807, 2.05) is 6.07 Å². The molecule has 1 atom stereocenters. The van der Waals surface area contributed by atoms with Crippen molar-refractivity contribution in [1.29, 1.82) is 0 Å². The highest BCUT2D eigenvalue weighted by Gasteiger charge is 2.43. The van der Waals surface area contributed by atoms with Crippen LogP contribution in [0.1, 0.15) is 5.01 Å². The quantitative estimate of drug-likeness (QED) is 0.816. The molecule has 4 heterocycles. The van der Waals surface area contributed by atoms with E-state index < -0.39 is 22.5 Å². The summed E-state index contributed by atoms with van der Waals surface area (Å²) < 4.78 is 34.9. The summed E-state index contributed by atoms with van der Waals surface area (Å²) in [5.74, 6) is 0. The molecule has 0 saturated carbocycles. The number of thiazole rings is 1. The molecule has 0 aromatic carbocycles. The van der Waals surface area contributed by atoms with Gasteiger partial charge in [-0.3, -0.25) is 4.55 Å². The Hall–Kier alpha value is -2.08. The van der Waals surface area contributed by atoms with Crippen LogP contribution in [0.3, 0.4) is 0 Å². The van der Waals surface area contributed by atoms with Gasteiger partial charge in [0.1, 0.15) is 15.4 Å². The number of nitrogens with zero attached hydrogens (tertiary/aromatic N) is 4. The molecule has 1 saturated heterocycles. The first-order chi connectivity index (χ1) is 10.9. The lowest BCUT2D eigenvalue weighted by Gasteiger charge is -2.19. The summed E-state index contributed by atoms with van der Waals surface area (Å²) in [5.41, 5.74) is 1.55. The number of carbonyl (C=O) groups is 1. The molecule has 9 nitrogen and oxygen atoms in total. The Balaban J connectivity index is 1.69. The molecule has 2 aliphatic heterocycles. The van der Waals surface area contributed by atoms with Crippen LogP contribution in [-0.2, 0) is 14.7 Å². The minimum absolute atomic E-state index is 0.292. The Labute approximate surface area is 134 Å². The number of carbonyl (C=O) groups excluding carboxylic acids is 1. The normalized spacial score (nSPS) is 21.2. The first-order valence-corrected chi connectivity index (χ1v) is 8.77. The maximum atomic E-state index is 12.1. The lowest BCUT2D eigenvalue weighted by atomic mass is 10.1. The van der Waals surface area contributed by atoms with E-state index in [0.717, 1.165) is 20.9 Å². The molecule has 2 aromatic rings. The summed E-state index contributed by atoms with van der Waals surface area (Å²) in [6, 6.07) is 2.42. The minimum atomic E-state index is -4.76. The second-order valence-electron chi connectivity index (χ2n) is 5.10. The van der Waals surface area contributed by atoms with E-state index in [4.69, 9.17) is 4.55 Å². The van der Waals surface area contributed by atoms with Crippen molar-refractivity contribution in [2.24, 2.45) is 0 Å². The van der Waals surface area contributed by atoms with Crippen molar-refractivity contribution < 1.29 is 22.0 Å². The van der Waals surface area contributed by atoms with Crippen LogP contribution in [0.25, 0.3) is 15.9 Å². The highest BCUT2D eigenvalue weighted by atomic mass is 32.3. The molecular weight excluding hydrogens is 344 g/mol. The predicted molar refractivity (Wildman–Crippen MR) is 80.6 cm³/mol. The molecule has 11 heteroatoms. The second-order valence-corrected chi connectivity index (χ2v) is 7.08. The average molecular weight is 354 g/mol. The lowest BCUT2D eigenvalue weighted by Crippen LogP contribution is -2.35. The molecule has 1 N–H and O–H groups in total. The number of hydroxylamine groups is 2. The number of urea groups is 1. The summed E-state index contributed by atoms with van der Waals surface area (Å²) in [6.45, 7) is 0.585. The molecule has 120 valence electrons. The largest absolute Gasteiger partial charge is 0.418 e. The third-order valence-corrected chi connectivity index (χ3v) is 4.94. The van der Waals surface area contributed by atoms with Crippen molar-refractivity contribution in [3.05, 3.63) is 29.4 Å². The van der Waals surface area contributed by atoms with Gasteiger partial charge in [0.15, 0.2) is 0 Å². The summed E-state index contributed by atoms with van der Waals surface area (Å²) in [4.78, 5) is 23.0. The Bertz CT molecular complexity index is 905. The van der Waals surface area contributed by atoms with Gasteiger partial charge in [0, 0.05) is 18.3 Å². The summed E-state index contributed by atoms with van der Waals surface area (Å²) in [6.07, 6.45) is 3.41. The Morgan fingerprint density at radius 2 is 2.26 bits per heavy atom. The molecule has 4 rings (SSSR count). The van der Waals surface area contributed by atoms with E-state index in [1.165, 1.54) is 16.2 Å². The molecule has 2 amide bonds. The Morgan fingerprint density at radius 1 is 1.43 bits per heavy atom. The van der Waals surface area contributed by atoms with Gasteiger partial charge in [0.2, 0.25) is 0 Å². The highest BCUT2D eigenvalue weighted by Crippen LogP contribution is 2.33. The molecule has 0 aliphatic carbocycles. The monoisotopic (exact) mass is 354 g/mol. The van der Waals surface area contributed by atoms with Crippen LogP contribution in [0.4, 0.5) is 4.79 Å². The van der Waals surface area contributed by atoms with Crippen molar-refractivity contribution in [3.8, 4) is 0 Å². The molecule has 1 fully saturated rings. The van der Waals surface area contributed by atoms with Gasteiger partial charge in [-0.25, -0.2) is 14.8 Å². The maximum absolute atomic E-state index is 12.1. The number of hydrogen-bond donors (Lipinski definition) is 1. The second kappa shape index (κ2) is 4.96. The van der Waals surface area contributed by atoms with Gasteiger partial charge in [-0.2, -0.15) is 13.5 Å². The van der Waals surface area contributed by atoms with Crippen LogP contribution in [0.2, 0.25) is 0 Å². The Kier molecular flexibility index (Phi) is 3.13. The van der Waals surface area contributed by atoms with E-state index in [9.17, 15) is 13.2 Å². The molecule has 0 radical (unpaired) electrons. The van der Waals surface area contributed by atoms with E-state index in [-0.39, 0.29) is 0 Å². The average Bonchev–Trinajstić information content (AvgIpc) is 3.02. The molecule has 1 unspecified atom stereocenters. The zero-order valence-electron chi connectivity index (χ0n) is 11.5. The number of hydrogen-bond acceptors (Lipinski definition) is 7. The SMILES string of the molecule is O=C1N2CC(c3nc4cccnc4s3)=CC(C2)N1OS(=O)(=O)O. The van der Waals surface area contributed by atoms with Gasteiger partial charge < -0.3 is 4.90 Å². The van der Waals surface area contributed by atoms with Crippen molar-refractivity contribution in [3.63, 3.8) is 0 Å². The lowest BCUT2D eigenvalue weighted by molar-refractivity contribution is -0.0183. The van der Waals surface area contributed by atoms with Crippen LogP contribution in [0.5, 0.6) is 0 Å². The highest BCUT2D eigenvalue weighted by molar-refractivity contribution is 7.80. The van der Waals surface area contributed by atoms with Gasteiger partial charge in [-0.05, 0) is 18.2 Å². The van der Waals surface area contributed by atoms with Crippen LogP contribution in [-0.4, -0.2) is 58.1 Å². The standard InChI is InChI=1S/C12H10N4O5S2/c17-12-15-5-7(4-8(6-15)16(12)21-23(18,19)20)10-14-9-2-1-3-13-11(9)22-10/h1-4,8H,5-6H2,(H,18,19,20). The molecule has 2 bridgehead atoms. The molecule has 2 aliphatic rings. The molecule has 0 spiro atoms. The topological polar surface area (TPSA) is 113 Å². The number of pyridine rings is 1. The van der Waals surface area contributed by atoms with Gasteiger partial charge in [-0.15, -0.1) is 4.28 Å². The van der Waals surface area contributed by atoms with Gasteiger partial charge in [0.25, 0.3) is 0 Å². The van der Waals surface area contributed by atoms with E-state index in [1.54, 1.807) is 18.3 Å². The third kappa shape index (κ3) is 2.57. The number of aromatic nitrogens is 2. The number of fused-ring (bicyclic) bond motifs is 3. The first-order valence-electron chi connectivity index (χ1n) is 6.58. The van der Waals surface area contributed by atoms with Crippen LogP contribution in [0.15, 0.2) is 24.4 Å². The van der Waals surface area contributed by atoms with Crippen molar-refractivity contribution in [2.75, 3.05) is 13.1 Å². The first kappa shape index (κ1) is 14.5. The Morgan fingerprint density at radius 3 is 3.00 bits per heavy atom. The predicted octanol–water partition coefficient (Wildman–Crippen LogP) is 0.929. The zero-order valence-corrected chi connectivity index (χ0v) is 13.1. The minimum Gasteiger partial charge on any atom is -0.316 e. The van der Waals surface area contributed by atoms with Gasteiger partial charge in [0.05, 0.1) is 12.6 Å². The summed E-state index contributed by atoms with van der Waals surface area (Å²) in [5, 5.41) is 1.38. The molecule has 23 heavy (non-hydrogen) atoms. The number of rotatable bonds is 3. The summed E-state index contributed by atoms with van der Waals surface area (Å²) in [7, 11) is -4.76. The summed E-state index contributed by atoms with van der Waals surface area (Å²) >= 11 is 1.40. The number of amides is 2. The van der Waals surface area contributed by atoms with E-state index >= 15 is 0 Å². The smallest absolute Gasteiger partial charge is 0.316 e. The van der Waals surface area contributed by atoms with Crippen molar-refractivity contribution in [1.82, 2.24) is 19.9 Å². The van der Waals surface area contributed by atoms with Gasteiger partial charge >= 0.3 is 16.4 Å². The zero-order chi connectivity index (χ0) is 16.2. The van der Waals surface area contributed by atoms with E-state index in [2.05, 4.69) is 14.3 Å². The molecule has 2 aromatic heterocycles. The van der Waals surface area contributed by atoms with E-state index in [0.29, 0.717) is 18.2 Å².